The third-order valence-corrected chi connectivity index (χ3v) is 2.02. The van der Waals surface area contributed by atoms with Crippen LogP contribution in [0.25, 0.3) is 0 Å². The molecule has 0 aromatic carbocycles. The lowest BCUT2D eigenvalue weighted by molar-refractivity contribution is 0.0589. The van der Waals surface area contributed by atoms with Crippen LogP contribution in [0.4, 0.5) is 0 Å². The fourth-order valence-corrected chi connectivity index (χ4v) is 1.26. The molecule has 0 aliphatic carbocycles. The van der Waals surface area contributed by atoms with E-state index < -0.39 is 0 Å². The molecule has 0 unspecified atom stereocenters. The summed E-state index contributed by atoms with van der Waals surface area (Å²) in [5, 5.41) is 0. The van der Waals surface area contributed by atoms with Crippen molar-refractivity contribution in [3.63, 3.8) is 0 Å². The van der Waals surface area contributed by atoms with E-state index in [2.05, 4.69) is 4.74 Å². The van der Waals surface area contributed by atoms with Crippen molar-refractivity contribution in [3.05, 3.63) is 23.5 Å². The van der Waals surface area contributed by atoms with Crippen LogP contribution in [0.5, 0.6) is 0 Å². The first kappa shape index (κ1) is 9.80. The van der Waals surface area contributed by atoms with Gasteiger partial charge in [-0.05, 0) is 25.1 Å². The third-order valence-electron chi connectivity index (χ3n) is 2.02. The molecular weight excluding hydrogens is 168 g/mol. The summed E-state index contributed by atoms with van der Waals surface area (Å²) in [5.41, 5.74) is 7.02. The molecule has 2 N–H and O–H groups in total. The molecule has 1 aromatic heterocycles. The number of methoxy groups -OCH3 is 1. The summed E-state index contributed by atoms with van der Waals surface area (Å²) in [5.74, 6) is -0.314. The van der Waals surface area contributed by atoms with Gasteiger partial charge < -0.3 is 15.0 Å². The van der Waals surface area contributed by atoms with Gasteiger partial charge in [-0.1, -0.05) is 0 Å². The van der Waals surface area contributed by atoms with Gasteiger partial charge in [0.25, 0.3) is 0 Å². The molecule has 0 atom stereocenters. The van der Waals surface area contributed by atoms with Crippen LogP contribution >= 0.6 is 0 Å². The summed E-state index contributed by atoms with van der Waals surface area (Å²) in [7, 11) is 3.20. The molecule has 0 amide bonds. The predicted octanol–water partition coefficient (Wildman–Crippen LogP) is 0.313. The van der Waals surface area contributed by atoms with E-state index in [1.165, 1.54) is 7.11 Å². The van der Waals surface area contributed by atoms with E-state index in [0.29, 0.717) is 12.2 Å². The Bertz CT molecular complexity index is 305. The summed E-state index contributed by atoms with van der Waals surface area (Å²) in [4.78, 5) is 11.2. The molecule has 0 spiro atoms. The largest absolute Gasteiger partial charge is 0.464 e. The molecule has 1 heterocycles. The third kappa shape index (κ3) is 1.89. The summed E-state index contributed by atoms with van der Waals surface area (Å²) in [6.07, 6.45) is 0.771. The molecule has 0 aliphatic rings. The summed E-state index contributed by atoms with van der Waals surface area (Å²) < 4.78 is 6.42. The van der Waals surface area contributed by atoms with Crippen LogP contribution < -0.4 is 5.73 Å². The number of esters is 1. The van der Waals surface area contributed by atoms with Gasteiger partial charge in [0.1, 0.15) is 5.69 Å². The smallest absolute Gasteiger partial charge is 0.354 e. The van der Waals surface area contributed by atoms with Gasteiger partial charge in [-0.2, -0.15) is 0 Å². The summed E-state index contributed by atoms with van der Waals surface area (Å²) >= 11 is 0. The minimum Gasteiger partial charge on any atom is -0.464 e. The first-order chi connectivity index (χ1) is 6.20. The molecule has 1 aromatic rings. The Morgan fingerprint density at radius 2 is 2.31 bits per heavy atom. The second-order valence-corrected chi connectivity index (χ2v) is 2.80. The number of nitrogens with two attached hydrogens (primary N) is 1. The molecule has 13 heavy (non-hydrogen) atoms. The maximum absolute atomic E-state index is 11.2. The van der Waals surface area contributed by atoms with Crippen LogP contribution in [0.1, 0.15) is 16.2 Å². The zero-order valence-electron chi connectivity index (χ0n) is 7.91. The second-order valence-electron chi connectivity index (χ2n) is 2.80. The van der Waals surface area contributed by atoms with Crippen LogP contribution in [0, 0.1) is 0 Å². The predicted molar refractivity (Wildman–Crippen MR) is 49.5 cm³/mol. The van der Waals surface area contributed by atoms with Gasteiger partial charge in [-0.3, -0.25) is 0 Å². The van der Waals surface area contributed by atoms with Crippen molar-refractivity contribution in [3.8, 4) is 0 Å². The zero-order valence-corrected chi connectivity index (χ0v) is 7.91. The topological polar surface area (TPSA) is 57.2 Å². The lowest BCUT2D eigenvalue weighted by Crippen LogP contribution is -2.11. The number of rotatable bonds is 3. The lowest BCUT2D eigenvalue weighted by Gasteiger charge is -2.04. The maximum atomic E-state index is 11.2. The van der Waals surface area contributed by atoms with E-state index in [1.54, 1.807) is 10.6 Å². The highest BCUT2D eigenvalue weighted by atomic mass is 16.5. The Hall–Kier alpha value is -1.29. The molecule has 0 aliphatic heterocycles. The molecule has 4 nitrogen and oxygen atoms in total. The number of carbonyl (C=O) groups is 1. The molecule has 0 radical (unpaired) electrons. The SMILES string of the molecule is COC(=O)c1ccc(CCN)n1C. The molecule has 1 rings (SSSR count). The Labute approximate surface area is 77.3 Å². The molecular formula is C9H14N2O2. The summed E-state index contributed by atoms with van der Waals surface area (Å²) in [6.45, 7) is 0.582. The molecule has 0 saturated heterocycles. The highest BCUT2D eigenvalue weighted by molar-refractivity contribution is 5.87. The number of hydrogen-bond donors (Lipinski definition) is 1. The van der Waals surface area contributed by atoms with Crippen LogP contribution in [0.2, 0.25) is 0 Å². The van der Waals surface area contributed by atoms with E-state index in [0.717, 1.165) is 12.1 Å². The molecule has 72 valence electrons. The first-order valence-electron chi connectivity index (χ1n) is 4.13. The second kappa shape index (κ2) is 4.09. The van der Waals surface area contributed by atoms with E-state index in [4.69, 9.17) is 5.73 Å². The average Bonchev–Trinajstić information content (AvgIpc) is 2.48. The molecule has 0 fully saturated rings. The van der Waals surface area contributed by atoms with E-state index in [-0.39, 0.29) is 5.97 Å². The van der Waals surface area contributed by atoms with Crippen LogP contribution in [0.15, 0.2) is 12.1 Å². The number of ether oxygens (including phenoxy) is 1. The quantitative estimate of drug-likeness (QED) is 0.684. The lowest BCUT2D eigenvalue weighted by atomic mass is 10.3. The molecule has 0 bridgehead atoms. The standard InChI is InChI=1S/C9H14N2O2/c1-11-7(5-6-10)3-4-8(11)9(12)13-2/h3-4H,5-6,10H2,1-2H3. The summed E-state index contributed by atoms with van der Waals surface area (Å²) in [6, 6.07) is 3.63. The zero-order chi connectivity index (χ0) is 9.84. The molecule has 4 heteroatoms. The van der Waals surface area contributed by atoms with Crippen LogP contribution in [-0.2, 0) is 18.2 Å². The Morgan fingerprint density at radius 3 is 2.85 bits per heavy atom. The van der Waals surface area contributed by atoms with Crippen molar-refractivity contribution < 1.29 is 9.53 Å². The fraction of sp³-hybridized carbons (Fsp3) is 0.444. The van der Waals surface area contributed by atoms with Gasteiger partial charge in [0.05, 0.1) is 7.11 Å². The number of nitrogens with zero attached hydrogens (tertiary/aromatic N) is 1. The minimum atomic E-state index is -0.314. The van der Waals surface area contributed by atoms with Gasteiger partial charge in [-0.15, -0.1) is 0 Å². The van der Waals surface area contributed by atoms with Crippen LogP contribution in [0.3, 0.4) is 0 Å². The maximum Gasteiger partial charge on any atom is 0.354 e. The Morgan fingerprint density at radius 1 is 1.62 bits per heavy atom. The number of hydrogen-bond acceptors (Lipinski definition) is 3. The highest BCUT2D eigenvalue weighted by Crippen LogP contribution is 2.08. The van der Waals surface area contributed by atoms with Gasteiger partial charge >= 0.3 is 5.97 Å². The minimum absolute atomic E-state index is 0.314. The van der Waals surface area contributed by atoms with Crippen molar-refractivity contribution in [1.29, 1.82) is 0 Å². The highest BCUT2D eigenvalue weighted by Gasteiger charge is 2.11. The van der Waals surface area contributed by atoms with Crippen molar-refractivity contribution in [2.24, 2.45) is 12.8 Å². The Kier molecular flexibility index (Phi) is 3.08. The van der Waals surface area contributed by atoms with Gasteiger partial charge in [0, 0.05) is 12.7 Å². The normalized spacial score (nSPS) is 10.1. The first-order valence-corrected chi connectivity index (χ1v) is 4.13. The van der Waals surface area contributed by atoms with Crippen molar-refractivity contribution in [2.75, 3.05) is 13.7 Å². The van der Waals surface area contributed by atoms with E-state index in [1.807, 2.05) is 13.1 Å². The van der Waals surface area contributed by atoms with Crippen molar-refractivity contribution in [1.82, 2.24) is 4.57 Å². The van der Waals surface area contributed by atoms with E-state index in [9.17, 15) is 4.79 Å². The fourth-order valence-electron chi connectivity index (χ4n) is 1.26. The van der Waals surface area contributed by atoms with E-state index >= 15 is 0 Å². The number of carbonyl (C=O) groups excluding carboxylic acids is 1. The van der Waals surface area contributed by atoms with Crippen molar-refractivity contribution in [2.45, 2.75) is 6.42 Å². The van der Waals surface area contributed by atoms with Gasteiger partial charge in [0.15, 0.2) is 0 Å². The molecule has 0 saturated carbocycles. The van der Waals surface area contributed by atoms with Gasteiger partial charge in [0.2, 0.25) is 0 Å². The van der Waals surface area contributed by atoms with Gasteiger partial charge in [-0.25, -0.2) is 4.79 Å². The monoisotopic (exact) mass is 182 g/mol. The Balaban J connectivity index is 2.92. The average molecular weight is 182 g/mol. The van der Waals surface area contributed by atoms with Crippen LogP contribution in [-0.4, -0.2) is 24.2 Å². The van der Waals surface area contributed by atoms with Crippen molar-refractivity contribution >= 4 is 5.97 Å². The number of aromatic nitrogens is 1.